The van der Waals surface area contributed by atoms with Crippen LogP contribution in [0.15, 0.2) is 18.2 Å². The Morgan fingerprint density at radius 1 is 1.19 bits per heavy atom. The highest BCUT2D eigenvalue weighted by Gasteiger charge is 2.29. The molecule has 1 aliphatic rings. The molecule has 1 fully saturated rings. The quantitative estimate of drug-likeness (QED) is 0.783. The fourth-order valence-corrected chi connectivity index (χ4v) is 3.92. The van der Waals surface area contributed by atoms with Crippen LogP contribution in [0.4, 0.5) is 0 Å². The summed E-state index contributed by atoms with van der Waals surface area (Å²) in [4.78, 5) is 2.47. The van der Waals surface area contributed by atoms with Crippen molar-refractivity contribution in [1.82, 2.24) is 10.2 Å². The highest BCUT2D eigenvalue weighted by atomic mass is 35.5. The number of hydrogen-bond acceptors (Lipinski definition) is 2. The van der Waals surface area contributed by atoms with Gasteiger partial charge in [0.25, 0.3) is 0 Å². The Labute approximate surface area is 138 Å². The van der Waals surface area contributed by atoms with E-state index in [1.54, 1.807) is 0 Å². The number of rotatable bonds is 5. The van der Waals surface area contributed by atoms with Crippen LogP contribution in [0, 0.1) is 5.92 Å². The molecule has 2 atom stereocenters. The molecule has 1 aromatic carbocycles. The van der Waals surface area contributed by atoms with Crippen LogP contribution in [0.2, 0.25) is 10.0 Å². The van der Waals surface area contributed by atoms with E-state index >= 15 is 0 Å². The highest BCUT2D eigenvalue weighted by Crippen LogP contribution is 2.36. The van der Waals surface area contributed by atoms with E-state index in [1.165, 1.54) is 31.2 Å². The molecule has 118 valence electrons. The minimum atomic E-state index is 0.396. The van der Waals surface area contributed by atoms with E-state index in [0.717, 1.165) is 29.7 Å². The van der Waals surface area contributed by atoms with Gasteiger partial charge in [0.05, 0.1) is 0 Å². The van der Waals surface area contributed by atoms with E-state index in [0.29, 0.717) is 12.0 Å². The number of nitrogens with one attached hydrogen (secondary N) is 1. The molecule has 2 unspecified atom stereocenters. The molecular formula is C17H26Cl2N2. The molecule has 1 aliphatic heterocycles. The standard InChI is InChI=1S/C17H26Cl2N2/c1-3-7-20-12-13-6-4-5-8-21(2)17(13)14-9-15(18)11-16(19)10-14/h9-11,13,17,20H,3-8,12H2,1-2H3. The summed E-state index contributed by atoms with van der Waals surface area (Å²) in [6.07, 6.45) is 5.01. The van der Waals surface area contributed by atoms with Crippen molar-refractivity contribution >= 4 is 23.2 Å². The lowest BCUT2D eigenvalue weighted by molar-refractivity contribution is 0.189. The topological polar surface area (TPSA) is 15.3 Å². The Kier molecular flexibility index (Phi) is 6.81. The van der Waals surface area contributed by atoms with Gasteiger partial charge in [-0.15, -0.1) is 0 Å². The van der Waals surface area contributed by atoms with Gasteiger partial charge in [-0.1, -0.05) is 36.5 Å². The van der Waals surface area contributed by atoms with Crippen LogP contribution in [-0.4, -0.2) is 31.6 Å². The number of halogens is 2. The molecule has 21 heavy (non-hydrogen) atoms. The SMILES string of the molecule is CCCNCC1CCCCN(C)C1c1cc(Cl)cc(Cl)c1. The maximum absolute atomic E-state index is 6.21. The van der Waals surface area contributed by atoms with Gasteiger partial charge in [0.1, 0.15) is 0 Å². The van der Waals surface area contributed by atoms with Gasteiger partial charge in [-0.05, 0) is 75.6 Å². The average Bonchev–Trinajstić information content (AvgIpc) is 2.60. The van der Waals surface area contributed by atoms with Crippen LogP contribution >= 0.6 is 23.2 Å². The van der Waals surface area contributed by atoms with E-state index in [-0.39, 0.29) is 0 Å². The Balaban J connectivity index is 2.23. The van der Waals surface area contributed by atoms with Crippen LogP contribution in [0.3, 0.4) is 0 Å². The van der Waals surface area contributed by atoms with E-state index in [4.69, 9.17) is 23.2 Å². The normalized spacial score (nSPS) is 24.0. The maximum Gasteiger partial charge on any atom is 0.0424 e. The van der Waals surface area contributed by atoms with E-state index in [1.807, 2.05) is 6.07 Å². The second-order valence-electron chi connectivity index (χ2n) is 6.09. The van der Waals surface area contributed by atoms with E-state index < -0.39 is 0 Å². The monoisotopic (exact) mass is 328 g/mol. The summed E-state index contributed by atoms with van der Waals surface area (Å²) >= 11 is 12.4. The molecule has 2 nitrogen and oxygen atoms in total. The van der Waals surface area contributed by atoms with Crippen molar-refractivity contribution in [1.29, 1.82) is 0 Å². The largest absolute Gasteiger partial charge is 0.316 e. The first-order chi connectivity index (χ1) is 10.1. The molecule has 0 aliphatic carbocycles. The van der Waals surface area contributed by atoms with Gasteiger partial charge >= 0.3 is 0 Å². The molecule has 1 aromatic rings. The highest BCUT2D eigenvalue weighted by molar-refractivity contribution is 6.34. The predicted octanol–water partition coefficient (Wildman–Crippen LogP) is 4.77. The second-order valence-corrected chi connectivity index (χ2v) is 6.96. The Bertz CT molecular complexity index is 430. The molecule has 0 aromatic heterocycles. The van der Waals surface area contributed by atoms with Crippen molar-refractivity contribution in [3.05, 3.63) is 33.8 Å². The van der Waals surface area contributed by atoms with Gasteiger partial charge in [0.2, 0.25) is 0 Å². The van der Waals surface area contributed by atoms with Crippen LogP contribution in [0.1, 0.15) is 44.2 Å². The molecule has 4 heteroatoms. The molecule has 0 saturated carbocycles. The van der Waals surface area contributed by atoms with Gasteiger partial charge in [-0.3, -0.25) is 4.90 Å². The molecule has 0 radical (unpaired) electrons. The van der Waals surface area contributed by atoms with Crippen molar-refractivity contribution in [2.45, 2.75) is 38.6 Å². The maximum atomic E-state index is 6.21. The summed E-state index contributed by atoms with van der Waals surface area (Å²) in [5, 5.41) is 5.05. The van der Waals surface area contributed by atoms with Crippen LogP contribution in [0.25, 0.3) is 0 Å². The van der Waals surface area contributed by atoms with Crippen molar-refractivity contribution < 1.29 is 0 Å². The Hall–Kier alpha value is -0.280. The van der Waals surface area contributed by atoms with E-state index in [9.17, 15) is 0 Å². The third-order valence-electron chi connectivity index (χ3n) is 4.32. The van der Waals surface area contributed by atoms with Gasteiger partial charge in [0, 0.05) is 16.1 Å². The third-order valence-corrected chi connectivity index (χ3v) is 4.75. The minimum Gasteiger partial charge on any atom is -0.316 e. The zero-order valence-corrected chi connectivity index (χ0v) is 14.6. The van der Waals surface area contributed by atoms with E-state index in [2.05, 4.69) is 36.3 Å². The zero-order valence-electron chi connectivity index (χ0n) is 13.0. The van der Waals surface area contributed by atoms with Crippen LogP contribution in [-0.2, 0) is 0 Å². The summed E-state index contributed by atoms with van der Waals surface area (Å²) in [6, 6.07) is 6.36. The first kappa shape index (κ1) is 17.1. The van der Waals surface area contributed by atoms with Crippen molar-refractivity contribution in [2.24, 2.45) is 5.92 Å². The number of likely N-dealkylation sites (tertiary alicyclic amines) is 1. The van der Waals surface area contributed by atoms with Crippen LogP contribution in [0.5, 0.6) is 0 Å². The first-order valence-corrected chi connectivity index (χ1v) is 8.74. The van der Waals surface area contributed by atoms with Gasteiger partial charge < -0.3 is 5.32 Å². The number of nitrogens with zero attached hydrogens (tertiary/aromatic N) is 1. The zero-order chi connectivity index (χ0) is 15.2. The average molecular weight is 329 g/mol. The Morgan fingerprint density at radius 2 is 1.90 bits per heavy atom. The molecule has 1 saturated heterocycles. The fourth-order valence-electron chi connectivity index (χ4n) is 3.38. The summed E-state index contributed by atoms with van der Waals surface area (Å²) < 4.78 is 0. The van der Waals surface area contributed by atoms with Crippen molar-refractivity contribution in [2.75, 3.05) is 26.7 Å². The smallest absolute Gasteiger partial charge is 0.0424 e. The summed E-state index contributed by atoms with van der Waals surface area (Å²) in [5.41, 5.74) is 1.25. The van der Waals surface area contributed by atoms with Crippen LogP contribution < -0.4 is 5.32 Å². The molecule has 0 bridgehead atoms. The first-order valence-electron chi connectivity index (χ1n) is 7.98. The van der Waals surface area contributed by atoms with Gasteiger partial charge in [0.15, 0.2) is 0 Å². The lowest BCUT2D eigenvalue weighted by atomic mass is 9.89. The summed E-state index contributed by atoms with van der Waals surface area (Å²) in [5.74, 6) is 0.610. The molecule has 1 heterocycles. The van der Waals surface area contributed by atoms with Crippen molar-refractivity contribution in [3.63, 3.8) is 0 Å². The molecule has 2 rings (SSSR count). The van der Waals surface area contributed by atoms with Gasteiger partial charge in [-0.25, -0.2) is 0 Å². The molecule has 0 spiro atoms. The van der Waals surface area contributed by atoms with Crippen molar-refractivity contribution in [3.8, 4) is 0 Å². The fraction of sp³-hybridized carbons (Fsp3) is 0.647. The second kappa shape index (κ2) is 8.38. The molecule has 0 amide bonds. The summed E-state index contributed by atoms with van der Waals surface area (Å²) in [6.45, 7) is 5.50. The third kappa shape index (κ3) is 4.85. The lowest BCUT2D eigenvalue weighted by Gasteiger charge is -2.33. The predicted molar refractivity (Wildman–Crippen MR) is 92.3 cm³/mol. The Morgan fingerprint density at radius 3 is 2.57 bits per heavy atom. The molecule has 1 N–H and O–H groups in total. The minimum absolute atomic E-state index is 0.396. The number of benzene rings is 1. The molecular weight excluding hydrogens is 303 g/mol. The number of hydrogen-bond donors (Lipinski definition) is 1. The van der Waals surface area contributed by atoms with Gasteiger partial charge in [-0.2, -0.15) is 0 Å². The lowest BCUT2D eigenvalue weighted by Crippen LogP contribution is -2.35. The summed E-state index contributed by atoms with van der Waals surface area (Å²) in [7, 11) is 2.22.